The topological polar surface area (TPSA) is 72.2 Å². The van der Waals surface area contributed by atoms with Crippen LogP contribution in [-0.2, 0) is 4.79 Å². The van der Waals surface area contributed by atoms with Crippen molar-refractivity contribution in [2.24, 2.45) is 5.10 Å². The molecule has 1 aromatic heterocycles. The van der Waals surface area contributed by atoms with Gasteiger partial charge in [-0.05, 0) is 48.5 Å². The first-order chi connectivity index (χ1) is 15.5. The summed E-state index contributed by atoms with van der Waals surface area (Å²) in [5.41, 5.74) is 6.35. The van der Waals surface area contributed by atoms with E-state index in [1.807, 2.05) is 84.3 Å². The van der Waals surface area contributed by atoms with E-state index < -0.39 is 0 Å². The molecule has 0 aliphatic carbocycles. The van der Waals surface area contributed by atoms with Crippen LogP contribution < -0.4 is 5.43 Å². The molecule has 0 radical (unpaired) electrons. The molecule has 0 aliphatic heterocycles. The lowest BCUT2D eigenvalue weighted by Crippen LogP contribution is -2.10. The summed E-state index contributed by atoms with van der Waals surface area (Å²) in [5, 5.41) is 14.5. The van der Waals surface area contributed by atoms with E-state index in [-0.39, 0.29) is 10.8 Å². The lowest BCUT2D eigenvalue weighted by Gasteiger charge is -2.11. The van der Waals surface area contributed by atoms with Gasteiger partial charge < -0.3 is 0 Å². The molecule has 1 heterocycles. The Bertz CT molecular complexity index is 1270. The van der Waals surface area contributed by atoms with E-state index in [1.165, 1.54) is 6.92 Å². The number of Topliss-reactive ketones (excluding diaryl/α,β-unsaturated/α-hetero) is 1. The molecule has 160 valence electrons. The number of hydrogen-bond acceptors (Lipinski definition) is 6. The Morgan fingerprint density at radius 1 is 0.969 bits per heavy atom. The zero-order valence-electron chi connectivity index (χ0n) is 17.5. The molecule has 6 nitrogen and oxygen atoms in total. The SMILES string of the molecule is CC(=O)C(=NNc1cccc(Cl)c1C)Sc1nnc(-c2ccccc2)n1-c1ccccc1. The molecule has 3 aromatic carbocycles. The first-order valence-electron chi connectivity index (χ1n) is 9.88. The Balaban J connectivity index is 1.73. The minimum absolute atomic E-state index is 0.189. The predicted octanol–water partition coefficient (Wildman–Crippen LogP) is 6.00. The number of para-hydroxylation sites is 1. The number of hydrogen-bond donors (Lipinski definition) is 1. The van der Waals surface area contributed by atoms with Crippen LogP contribution in [0.15, 0.2) is 89.1 Å². The largest absolute Gasteiger partial charge is 0.292 e. The van der Waals surface area contributed by atoms with Gasteiger partial charge in [0.15, 0.2) is 16.7 Å². The van der Waals surface area contributed by atoms with Crippen LogP contribution in [0.3, 0.4) is 0 Å². The number of halogens is 1. The molecule has 0 saturated heterocycles. The number of carbonyl (C=O) groups excluding carboxylic acids is 1. The third-order valence-electron chi connectivity index (χ3n) is 4.71. The van der Waals surface area contributed by atoms with Crippen molar-refractivity contribution in [2.75, 3.05) is 5.43 Å². The molecule has 0 saturated carbocycles. The second-order valence-electron chi connectivity index (χ2n) is 6.94. The Hall–Kier alpha value is -3.42. The maximum Gasteiger partial charge on any atom is 0.202 e. The third kappa shape index (κ3) is 4.74. The highest BCUT2D eigenvalue weighted by Gasteiger charge is 2.20. The fourth-order valence-corrected chi connectivity index (χ4v) is 3.97. The third-order valence-corrected chi connectivity index (χ3v) is 6.14. The first-order valence-corrected chi connectivity index (χ1v) is 11.1. The Kier molecular flexibility index (Phi) is 6.68. The fraction of sp³-hybridized carbons (Fsp3) is 0.0833. The molecule has 0 fully saturated rings. The molecule has 4 aromatic rings. The number of benzene rings is 3. The van der Waals surface area contributed by atoms with E-state index in [0.29, 0.717) is 16.0 Å². The van der Waals surface area contributed by atoms with Gasteiger partial charge in [0, 0.05) is 23.2 Å². The number of carbonyl (C=O) groups is 1. The van der Waals surface area contributed by atoms with Gasteiger partial charge in [0.2, 0.25) is 5.16 Å². The second-order valence-corrected chi connectivity index (χ2v) is 8.31. The van der Waals surface area contributed by atoms with Crippen LogP contribution in [0.4, 0.5) is 5.69 Å². The maximum atomic E-state index is 12.4. The summed E-state index contributed by atoms with van der Waals surface area (Å²) in [4.78, 5) is 12.4. The van der Waals surface area contributed by atoms with Crippen molar-refractivity contribution in [1.82, 2.24) is 14.8 Å². The fourth-order valence-electron chi connectivity index (χ4n) is 3.02. The van der Waals surface area contributed by atoms with Gasteiger partial charge in [0.25, 0.3) is 0 Å². The van der Waals surface area contributed by atoms with Gasteiger partial charge >= 0.3 is 0 Å². The lowest BCUT2D eigenvalue weighted by atomic mass is 10.2. The Labute approximate surface area is 195 Å². The van der Waals surface area contributed by atoms with E-state index in [1.54, 1.807) is 6.07 Å². The molecular formula is C24H20ClN5OS. The van der Waals surface area contributed by atoms with E-state index >= 15 is 0 Å². The van der Waals surface area contributed by atoms with Gasteiger partial charge in [0.1, 0.15) is 0 Å². The summed E-state index contributed by atoms with van der Waals surface area (Å²) < 4.78 is 1.92. The minimum Gasteiger partial charge on any atom is -0.292 e. The highest BCUT2D eigenvalue weighted by molar-refractivity contribution is 8.15. The van der Waals surface area contributed by atoms with Crippen LogP contribution >= 0.6 is 23.4 Å². The zero-order valence-corrected chi connectivity index (χ0v) is 19.1. The van der Waals surface area contributed by atoms with Crippen LogP contribution in [0, 0.1) is 6.92 Å². The van der Waals surface area contributed by atoms with Crippen molar-refractivity contribution in [3.8, 4) is 17.1 Å². The maximum absolute atomic E-state index is 12.4. The van der Waals surface area contributed by atoms with Gasteiger partial charge in [-0.25, -0.2) is 0 Å². The lowest BCUT2D eigenvalue weighted by molar-refractivity contribution is -0.110. The zero-order chi connectivity index (χ0) is 22.5. The van der Waals surface area contributed by atoms with E-state index in [2.05, 4.69) is 20.7 Å². The first kappa shape index (κ1) is 21.8. The monoisotopic (exact) mass is 461 g/mol. The number of nitrogens with one attached hydrogen (secondary N) is 1. The van der Waals surface area contributed by atoms with E-state index in [9.17, 15) is 4.79 Å². The number of ketones is 1. The number of rotatable bonds is 6. The molecule has 4 rings (SSSR count). The Morgan fingerprint density at radius 2 is 1.66 bits per heavy atom. The minimum atomic E-state index is -0.189. The van der Waals surface area contributed by atoms with Crippen LogP contribution in [0.2, 0.25) is 5.02 Å². The van der Waals surface area contributed by atoms with Gasteiger partial charge in [-0.2, -0.15) is 5.10 Å². The average molecular weight is 462 g/mol. The van der Waals surface area contributed by atoms with Gasteiger partial charge in [0.05, 0.1) is 5.69 Å². The smallest absolute Gasteiger partial charge is 0.202 e. The summed E-state index contributed by atoms with van der Waals surface area (Å²) in [6.45, 7) is 3.36. The molecular weight excluding hydrogens is 442 g/mol. The van der Waals surface area contributed by atoms with E-state index in [0.717, 1.165) is 34.3 Å². The molecule has 0 unspecified atom stereocenters. The van der Waals surface area contributed by atoms with E-state index in [4.69, 9.17) is 11.6 Å². The summed E-state index contributed by atoms with van der Waals surface area (Å²) in [7, 11) is 0. The summed E-state index contributed by atoms with van der Waals surface area (Å²) in [6, 6.07) is 25.1. The highest BCUT2D eigenvalue weighted by atomic mass is 35.5. The van der Waals surface area contributed by atoms with Crippen molar-refractivity contribution in [2.45, 2.75) is 19.0 Å². The standard InChI is InChI=1S/C24H20ClN5OS/c1-16-20(25)14-9-15-21(16)26-28-23(17(2)31)32-24-29-27-22(18-10-5-3-6-11-18)30(24)19-12-7-4-8-13-19/h3-15,26H,1-2H3. The molecule has 0 amide bonds. The number of nitrogens with zero attached hydrogens (tertiary/aromatic N) is 4. The quantitative estimate of drug-likeness (QED) is 0.165. The van der Waals surface area contributed by atoms with Crippen LogP contribution in [0.25, 0.3) is 17.1 Å². The summed E-state index contributed by atoms with van der Waals surface area (Å²) in [6.07, 6.45) is 0. The van der Waals surface area contributed by atoms with Crippen molar-refractivity contribution < 1.29 is 4.79 Å². The van der Waals surface area contributed by atoms with Gasteiger partial charge in [-0.15, -0.1) is 10.2 Å². The normalized spacial score (nSPS) is 11.4. The van der Waals surface area contributed by atoms with Crippen molar-refractivity contribution in [3.05, 3.63) is 89.4 Å². The van der Waals surface area contributed by atoms with Crippen LogP contribution in [0.1, 0.15) is 12.5 Å². The van der Waals surface area contributed by atoms with Crippen LogP contribution in [-0.4, -0.2) is 25.6 Å². The molecule has 0 aliphatic rings. The van der Waals surface area contributed by atoms with Gasteiger partial charge in [-0.1, -0.05) is 66.2 Å². The van der Waals surface area contributed by atoms with Crippen molar-refractivity contribution >= 4 is 39.9 Å². The predicted molar refractivity (Wildman–Crippen MR) is 131 cm³/mol. The Morgan fingerprint density at radius 3 is 2.34 bits per heavy atom. The number of hydrazone groups is 1. The molecule has 0 atom stereocenters. The summed E-state index contributed by atoms with van der Waals surface area (Å²) in [5.74, 6) is 0.493. The van der Waals surface area contributed by atoms with Gasteiger partial charge in [-0.3, -0.25) is 14.8 Å². The average Bonchev–Trinajstić information content (AvgIpc) is 3.23. The van der Waals surface area contributed by atoms with Crippen molar-refractivity contribution in [3.63, 3.8) is 0 Å². The van der Waals surface area contributed by atoms with Crippen LogP contribution in [0.5, 0.6) is 0 Å². The number of aromatic nitrogens is 3. The molecule has 8 heteroatoms. The molecule has 32 heavy (non-hydrogen) atoms. The highest BCUT2D eigenvalue weighted by Crippen LogP contribution is 2.29. The second kappa shape index (κ2) is 9.80. The molecule has 1 N–H and O–H groups in total. The summed E-state index contributed by atoms with van der Waals surface area (Å²) >= 11 is 7.35. The number of thioether (sulfide) groups is 1. The molecule has 0 bridgehead atoms. The molecule has 0 spiro atoms. The number of anilines is 1. The van der Waals surface area contributed by atoms with Crippen molar-refractivity contribution in [1.29, 1.82) is 0 Å².